The van der Waals surface area contributed by atoms with E-state index in [0.29, 0.717) is 11.8 Å². The van der Waals surface area contributed by atoms with Crippen molar-refractivity contribution in [3.8, 4) is 0 Å². The normalized spacial score (nSPS) is 38.8. The van der Waals surface area contributed by atoms with Gasteiger partial charge in [-0.3, -0.25) is 4.79 Å². The first-order valence-electron chi connectivity index (χ1n) is 9.08. The lowest BCUT2D eigenvalue weighted by molar-refractivity contribution is -0.162. The van der Waals surface area contributed by atoms with Gasteiger partial charge in [0.25, 0.3) is 0 Å². The number of ketones is 1. The third-order valence-electron chi connectivity index (χ3n) is 7.92. The molecule has 2 bridgehead atoms. The van der Waals surface area contributed by atoms with E-state index in [2.05, 4.69) is 57.8 Å². The Balaban J connectivity index is 2.10. The van der Waals surface area contributed by atoms with Crippen molar-refractivity contribution in [2.24, 2.45) is 10.8 Å². The number of nitrogens with zero attached hydrogens (tertiary/aromatic N) is 1. The van der Waals surface area contributed by atoms with Crippen molar-refractivity contribution in [2.45, 2.75) is 64.8 Å². The number of hydrogen-bond acceptors (Lipinski definition) is 2. The van der Waals surface area contributed by atoms with Gasteiger partial charge in [0, 0.05) is 23.3 Å². The van der Waals surface area contributed by atoms with Gasteiger partial charge in [-0.15, -0.1) is 0 Å². The smallest absolute Gasteiger partial charge is 0.139 e. The fourth-order valence-corrected chi connectivity index (χ4v) is 6.71. The zero-order valence-electron chi connectivity index (χ0n) is 15.2. The van der Waals surface area contributed by atoms with Gasteiger partial charge in [0.15, 0.2) is 0 Å². The summed E-state index contributed by atoms with van der Waals surface area (Å²) < 4.78 is 0. The van der Waals surface area contributed by atoms with Crippen molar-refractivity contribution in [3.63, 3.8) is 0 Å². The summed E-state index contributed by atoms with van der Waals surface area (Å²) in [5, 5.41) is 0. The van der Waals surface area contributed by atoms with Crippen LogP contribution < -0.4 is 0 Å². The van der Waals surface area contributed by atoms with E-state index in [1.807, 2.05) is 0 Å². The fourth-order valence-electron chi connectivity index (χ4n) is 6.71. The third kappa shape index (κ3) is 1.56. The molecule has 3 atom stereocenters. The summed E-state index contributed by atoms with van der Waals surface area (Å²) >= 11 is 0. The number of carbonyl (C=O) groups excluding carboxylic acids is 1. The van der Waals surface area contributed by atoms with Crippen molar-refractivity contribution in [3.05, 3.63) is 34.9 Å². The largest absolute Gasteiger partial charge is 0.302 e. The zero-order valence-corrected chi connectivity index (χ0v) is 15.2. The molecule has 0 amide bonds. The highest BCUT2D eigenvalue weighted by Crippen LogP contribution is 2.68. The quantitative estimate of drug-likeness (QED) is 0.724. The lowest BCUT2D eigenvalue weighted by atomic mass is 9.37. The zero-order chi connectivity index (χ0) is 16.6. The maximum absolute atomic E-state index is 13.0. The number of Topliss-reactive ketones (excluding diaryl/α,β-unsaturated/α-hetero) is 1. The predicted octanol–water partition coefficient (Wildman–Crippen LogP) is 3.89. The second kappa shape index (κ2) is 4.47. The average molecular weight is 311 g/mol. The molecule has 1 saturated heterocycles. The molecule has 2 aliphatic carbocycles. The van der Waals surface area contributed by atoms with Gasteiger partial charge in [0.1, 0.15) is 5.78 Å². The average Bonchev–Trinajstić information content (AvgIpc) is 2.48. The van der Waals surface area contributed by atoms with Crippen LogP contribution in [-0.2, 0) is 16.6 Å². The lowest BCUT2D eigenvalue weighted by Crippen LogP contribution is -2.72. The van der Waals surface area contributed by atoms with Gasteiger partial charge >= 0.3 is 0 Å². The van der Waals surface area contributed by atoms with E-state index >= 15 is 0 Å². The van der Waals surface area contributed by atoms with E-state index in [9.17, 15) is 4.79 Å². The molecule has 1 aromatic carbocycles. The first-order valence-corrected chi connectivity index (χ1v) is 9.08. The van der Waals surface area contributed by atoms with Crippen LogP contribution in [0.15, 0.2) is 18.2 Å². The highest BCUT2D eigenvalue weighted by Gasteiger charge is 2.69. The van der Waals surface area contributed by atoms with Gasteiger partial charge in [0.05, 0.1) is 0 Å². The molecule has 0 spiro atoms. The molecule has 1 unspecified atom stereocenters. The van der Waals surface area contributed by atoms with E-state index in [1.165, 1.54) is 16.7 Å². The van der Waals surface area contributed by atoms with Crippen LogP contribution in [0.3, 0.4) is 0 Å². The van der Waals surface area contributed by atoms with Crippen LogP contribution in [0.4, 0.5) is 0 Å². The molecule has 1 aliphatic heterocycles. The molecule has 1 aromatic rings. The summed E-state index contributed by atoms with van der Waals surface area (Å²) in [4.78, 5) is 15.6. The van der Waals surface area contributed by atoms with Crippen molar-refractivity contribution < 1.29 is 4.79 Å². The number of likely N-dealkylation sites (tertiary alicyclic amines) is 1. The van der Waals surface area contributed by atoms with Gasteiger partial charge in [-0.2, -0.15) is 0 Å². The Morgan fingerprint density at radius 1 is 1.17 bits per heavy atom. The Labute approximate surface area is 140 Å². The topological polar surface area (TPSA) is 20.3 Å². The maximum Gasteiger partial charge on any atom is 0.139 e. The summed E-state index contributed by atoms with van der Waals surface area (Å²) in [7, 11) is 2.28. The number of carbonyl (C=O) groups is 1. The SMILES string of the molecule is Cc1cccc2c1[C@]13CCN(C)[C@@H](C2)C1(C)CCC(=O)C3(C)C. The molecule has 1 saturated carbocycles. The second-order valence-corrected chi connectivity index (χ2v) is 8.93. The van der Waals surface area contributed by atoms with Crippen LogP contribution in [0.2, 0.25) is 0 Å². The molecular formula is C21H29NO. The minimum atomic E-state index is -0.277. The molecule has 23 heavy (non-hydrogen) atoms. The third-order valence-corrected chi connectivity index (χ3v) is 7.92. The van der Waals surface area contributed by atoms with E-state index in [1.54, 1.807) is 0 Å². The molecule has 3 aliphatic rings. The van der Waals surface area contributed by atoms with E-state index in [0.717, 1.165) is 32.2 Å². The Bertz CT molecular complexity index is 691. The number of rotatable bonds is 0. The molecule has 2 fully saturated rings. The van der Waals surface area contributed by atoms with Crippen molar-refractivity contribution >= 4 is 5.78 Å². The Kier molecular flexibility index (Phi) is 2.99. The van der Waals surface area contributed by atoms with E-state index in [4.69, 9.17) is 0 Å². The minimum Gasteiger partial charge on any atom is -0.302 e. The molecule has 0 aromatic heterocycles. The van der Waals surface area contributed by atoms with Crippen LogP contribution in [0, 0.1) is 17.8 Å². The fraction of sp³-hybridized carbons (Fsp3) is 0.667. The lowest BCUT2D eigenvalue weighted by Gasteiger charge is -2.69. The monoisotopic (exact) mass is 311 g/mol. The first-order chi connectivity index (χ1) is 10.8. The molecule has 1 heterocycles. The summed E-state index contributed by atoms with van der Waals surface area (Å²) in [6.45, 7) is 10.3. The van der Waals surface area contributed by atoms with E-state index in [-0.39, 0.29) is 16.2 Å². The summed E-state index contributed by atoms with van der Waals surface area (Å²) in [6.07, 6.45) is 4.03. The molecule has 124 valence electrons. The maximum atomic E-state index is 13.0. The molecule has 0 N–H and O–H groups in total. The molecular weight excluding hydrogens is 282 g/mol. The van der Waals surface area contributed by atoms with Crippen LogP contribution in [0.1, 0.15) is 56.7 Å². The standard InChI is InChI=1S/C21H29NO/c1-14-7-6-8-15-13-16-20(4)10-9-17(23)19(2,3)21(20,18(14)15)11-12-22(16)5/h6-8,16H,9-13H2,1-5H3/t16-,20?,21-/m0/s1. The Hall–Kier alpha value is -1.15. The van der Waals surface area contributed by atoms with Crippen molar-refractivity contribution in [2.75, 3.05) is 13.6 Å². The van der Waals surface area contributed by atoms with Gasteiger partial charge < -0.3 is 4.90 Å². The van der Waals surface area contributed by atoms with Gasteiger partial charge in [-0.25, -0.2) is 0 Å². The van der Waals surface area contributed by atoms with Crippen LogP contribution in [0.25, 0.3) is 0 Å². The van der Waals surface area contributed by atoms with Crippen molar-refractivity contribution in [1.82, 2.24) is 4.90 Å². The summed E-state index contributed by atoms with van der Waals surface area (Å²) in [5.41, 5.74) is 4.30. The van der Waals surface area contributed by atoms with Crippen LogP contribution in [-0.4, -0.2) is 30.3 Å². The van der Waals surface area contributed by atoms with Gasteiger partial charge in [-0.1, -0.05) is 39.0 Å². The van der Waals surface area contributed by atoms with Gasteiger partial charge in [0.2, 0.25) is 0 Å². The minimum absolute atomic E-state index is 0.00850. The molecule has 0 radical (unpaired) electrons. The summed E-state index contributed by atoms with van der Waals surface area (Å²) in [6, 6.07) is 7.31. The van der Waals surface area contributed by atoms with Gasteiger partial charge in [-0.05, 0) is 61.9 Å². The van der Waals surface area contributed by atoms with Crippen LogP contribution >= 0.6 is 0 Å². The number of hydrogen-bond donors (Lipinski definition) is 0. The second-order valence-electron chi connectivity index (χ2n) is 8.93. The Morgan fingerprint density at radius 2 is 1.91 bits per heavy atom. The first kappa shape index (κ1) is 15.4. The Morgan fingerprint density at radius 3 is 2.65 bits per heavy atom. The number of likely N-dealkylation sites (N-methyl/N-ethyl adjacent to an activating group) is 1. The van der Waals surface area contributed by atoms with E-state index < -0.39 is 0 Å². The van der Waals surface area contributed by atoms with Crippen LogP contribution in [0.5, 0.6) is 0 Å². The number of benzene rings is 1. The highest BCUT2D eigenvalue weighted by molar-refractivity contribution is 5.88. The number of fused-ring (bicyclic) bond motifs is 1. The molecule has 4 rings (SSSR count). The number of piperidine rings is 1. The molecule has 2 heteroatoms. The predicted molar refractivity (Wildman–Crippen MR) is 93.7 cm³/mol. The number of aryl methyl sites for hydroxylation is 1. The molecule has 2 nitrogen and oxygen atoms in total. The summed E-state index contributed by atoms with van der Waals surface area (Å²) in [5.74, 6) is 0.467. The van der Waals surface area contributed by atoms with Crippen molar-refractivity contribution in [1.29, 1.82) is 0 Å². The highest BCUT2D eigenvalue weighted by atomic mass is 16.1.